The normalized spacial score (nSPS) is 25.6. The summed E-state index contributed by atoms with van der Waals surface area (Å²) < 4.78 is 16.8. The lowest BCUT2D eigenvalue weighted by Gasteiger charge is -2.31. The first-order valence-corrected chi connectivity index (χ1v) is 6.91. The second-order valence-corrected chi connectivity index (χ2v) is 5.21. The van der Waals surface area contributed by atoms with Gasteiger partial charge in [-0.15, -0.1) is 0 Å². The average molecular weight is 265 g/mol. The summed E-state index contributed by atoms with van der Waals surface area (Å²) in [5.74, 6) is -0.261. The largest absolute Gasteiger partial charge is 0.459 e. The van der Waals surface area contributed by atoms with Crippen LogP contribution < -0.4 is 5.32 Å². The lowest BCUT2D eigenvalue weighted by Crippen LogP contribution is -2.37. The molecule has 1 aromatic rings. The van der Waals surface area contributed by atoms with Gasteiger partial charge >= 0.3 is 0 Å². The summed E-state index contributed by atoms with van der Waals surface area (Å²) in [5, 5.41) is 2.81. The van der Waals surface area contributed by atoms with Crippen LogP contribution in [0.4, 0.5) is 0 Å². The molecule has 1 amide bonds. The summed E-state index contributed by atoms with van der Waals surface area (Å²) >= 11 is 0. The molecule has 0 radical (unpaired) electrons. The Balaban J connectivity index is 1.48. The summed E-state index contributed by atoms with van der Waals surface area (Å²) in [6, 6.07) is 3.34. The van der Waals surface area contributed by atoms with E-state index in [2.05, 4.69) is 5.32 Å². The number of amides is 1. The number of ether oxygens (including phenoxy) is 2. The van der Waals surface area contributed by atoms with E-state index >= 15 is 0 Å². The summed E-state index contributed by atoms with van der Waals surface area (Å²) in [6.45, 7) is 1.01. The summed E-state index contributed by atoms with van der Waals surface area (Å²) in [6.07, 6.45) is 6.94. The number of hydrogen-bond acceptors (Lipinski definition) is 4. The van der Waals surface area contributed by atoms with Gasteiger partial charge in [0.05, 0.1) is 12.9 Å². The molecule has 1 spiro atoms. The van der Waals surface area contributed by atoms with Crippen LogP contribution in [0.2, 0.25) is 0 Å². The molecule has 0 aromatic carbocycles. The molecule has 1 N–H and O–H groups in total. The van der Waals surface area contributed by atoms with Gasteiger partial charge in [0.15, 0.2) is 11.5 Å². The average Bonchev–Trinajstić information content (AvgIpc) is 3.08. The van der Waals surface area contributed by atoms with Crippen molar-refractivity contribution in [1.82, 2.24) is 5.32 Å². The van der Waals surface area contributed by atoms with Crippen LogP contribution >= 0.6 is 0 Å². The van der Waals surface area contributed by atoms with Crippen LogP contribution in [0, 0.1) is 0 Å². The smallest absolute Gasteiger partial charge is 0.287 e. The third kappa shape index (κ3) is 2.82. The second-order valence-electron chi connectivity index (χ2n) is 5.21. The molecule has 1 aromatic heterocycles. The standard InChI is InChI=1S/C14H19NO4/c16-13(12-5-4-8-17-12)15-9-11-10-18-14(19-11)6-2-1-3-7-14/h4-5,8,11H,1-3,6-7,9-10H2,(H,15,16). The third-order valence-corrected chi connectivity index (χ3v) is 3.76. The van der Waals surface area contributed by atoms with Gasteiger partial charge in [-0.2, -0.15) is 0 Å². The molecule has 1 unspecified atom stereocenters. The quantitative estimate of drug-likeness (QED) is 0.909. The zero-order valence-corrected chi connectivity index (χ0v) is 10.9. The van der Waals surface area contributed by atoms with E-state index in [4.69, 9.17) is 13.9 Å². The van der Waals surface area contributed by atoms with Crippen molar-refractivity contribution >= 4 is 5.91 Å². The minimum atomic E-state index is -0.377. The lowest BCUT2D eigenvalue weighted by atomic mass is 9.94. The fraction of sp³-hybridized carbons (Fsp3) is 0.643. The fourth-order valence-electron chi connectivity index (χ4n) is 2.77. The number of hydrogen-bond donors (Lipinski definition) is 1. The first-order chi connectivity index (χ1) is 9.27. The van der Waals surface area contributed by atoms with Gasteiger partial charge in [0.25, 0.3) is 5.91 Å². The molecule has 2 fully saturated rings. The van der Waals surface area contributed by atoms with Crippen LogP contribution in [0.15, 0.2) is 22.8 Å². The zero-order valence-electron chi connectivity index (χ0n) is 10.9. The number of nitrogens with one attached hydrogen (secondary N) is 1. The highest BCUT2D eigenvalue weighted by Crippen LogP contribution is 2.37. The van der Waals surface area contributed by atoms with E-state index in [1.165, 1.54) is 12.7 Å². The Morgan fingerprint density at radius 1 is 1.37 bits per heavy atom. The molecule has 5 heteroatoms. The van der Waals surface area contributed by atoms with E-state index in [1.807, 2.05) is 0 Å². The molecule has 2 aliphatic rings. The Labute approximate surface area is 112 Å². The summed E-state index contributed by atoms with van der Waals surface area (Å²) in [4.78, 5) is 11.7. The first-order valence-electron chi connectivity index (χ1n) is 6.91. The monoisotopic (exact) mass is 265 g/mol. The van der Waals surface area contributed by atoms with Gasteiger partial charge in [0.1, 0.15) is 6.10 Å². The van der Waals surface area contributed by atoms with Crippen LogP contribution in [0.3, 0.4) is 0 Å². The maximum atomic E-state index is 11.7. The highest BCUT2D eigenvalue weighted by molar-refractivity contribution is 5.91. The number of carbonyl (C=O) groups is 1. The van der Waals surface area contributed by atoms with E-state index < -0.39 is 0 Å². The van der Waals surface area contributed by atoms with Crippen molar-refractivity contribution in [1.29, 1.82) is 0 Å². The molecule has 1 saturated heterocycles. The summed E-state index contributed by atoms with van der Waals surface area (Å²) in [5.41, 5.74) is 0. The molecule has 0 bridgehead atoms. The van der Waals surface area contributed by atoms with Crippen molar-refractivity contribution in [2.45, 2.75) is 44.0 Å². The van der Waals surface area contributed by atoms with Crippen molar-refractivity contribution in [3.63, 3.8) is 0 Å². The van der Waals surface area contributed by atoms with E-state index in [0.29, 0.717) is 18.9 Å². The Morgan fingerprint density at radius 3 is 2.95 bits per heavy atom. The molecular weight excluding hydrogens is 246 g/mol. The molecular formula is C14H19NO4. The molecule has 5 nitrogen and oxygen atoms in total. The van der Waals surface area contributed by atoms with E-state index in [9.17, 15) is 4.79 Å². The van der Waals surface area contributed by atoms with Gasteiger partial charge in [-0.1, -0.05) is 6.42 Å². The molecule has 1 aliphatic carbocycles. The van der Waals surface area contributed by atoms with Crippen LogP contribution in [0.25, 0.3) is 0 Å². The molecule has 1 atom stereocenters. The van der Waals surface area contributed by atoms with Crippen molar-refractivity contribution in [3.05, 3.63) is 24.2 Å². The predicted molar refractivity (Wildman–Crippen MR) is 67.7 cm³/mol. The Kier molecular flexibility index (Phi) is 3.57. The molecule has 19 heavy (non-hydrogen) atoms. The highest BCUT2D eigenvalue weighted by Gasteiger charge is 2.42. The zero-order chi connectivity index (χ0) is 13.1. The fourth-order valence-corrected chi connectivity index (χ4v) is 2.77. The van der Waals surface area contributed by atoms with E-state index in [0.717, 1.165) is 25.7 Å². The van der Waals surface area contributed by atoms with E-state index in [1.54, 1.807) is 12.1 Å². The number of carbonyl (C=O) groups excluding carboxylic acids is 1. The summed E-state index contributed by atoms with van der Waals surface area (Å²) in [7, 11) is 0. The number of furan rings is 1. The van der Waals surface area contributed by atoms with Gasteiger partial charge in [0.2, 0.25) is 0 Å². The topological polar surface area (TPSA) is 60.7 Å². The lowest BCUT2D eigenvalue weighted by molar-refractivity contribution is -0.186. The van der Waals surface area contributed by atoms with Crippen LogP contribution in [-0.2, 0) is 9.47 Å². The molecule has 3 rings (SSSR count). The van der Waals surface area contributed by atoms with Gasteiger partial charge in [-0.25, -0.2) is 0 Å². The number of rotatable bonds is 3. The van der Waals surface area contributed by atoms with Crippen molar-refractivity contribution < 1.29 is 18.7 Å². The van der Waals surface area contributed by atoms with Crippen molar-refractivity contribution in [2.24, 2.45) is 0 Å². The molecule has 1 aliphatic heterocycles. The van der Waals surface area contributed by atoms with Crippen LogP contribution in [-0.4, -0.2) is 30.9 Å². The van der Waals surface area contributed by atoms with Gasteiger partial charge in [-0.05, 0) is 25.0 Å². The SMILES string of the molecule is O=C(NCC1COC2(CCCCC2)O1)c1ccco1. The first kappa shape index (κ1) is 12.7. The molecule has 2 heterocycles. The molecule has 104 valence electrons. The van der Waals surface area contributed by atoms with Crippen LogP contribution in [0.1, 0.15) is 42.7 Å². The van der Waals surface area contributed by atoms with Gasteiger partial charge in [0, 0.05) is 19.4 Å². The minimum Gasteiger partial charge on any atom is -0.459 e. The minimum absolute atomic E-state index is 0.0583. The van der Waals surface area contributed by atoms with E-state index in [-0.39, 0.29) is 17.8 Å². The second kappa shape index (κ2) is 5.35. The highest BCUT2D eigenvalue weighted by atomic mass is 16.7. The van der Waals surface area contributed by atoms with Crippen molar-refractivity contribution in [2.75, 3.05) is 13.2 Å². The van der Waals surface area contributed by atoms with Gasteiger partial charge < -0.3 is 19.2 Å². The maximum absolute atomic E-state index is 11.7. The van der Waals surface area contributed by atoms with Gasteiger partial charge in [-0.3, -0.25) is 4.79 Å². The van der Waals surface area contributed by atoms with Crippen LogP contribution in [0.5, 0.6) is 0 Å². The maximum Gasteiger partial charge on any atom is 0.287 e. The Hall–Kier alpha value is -1.33. The Bertz CT molecular complexity index is 423. The van der Waals surface area contributed by atoms with Crippen molar-refractivity contribution in [3.8, 4) is 0 Å². The predicted octanol–water partition coefficient (Wildman–Crippen LogP) is 2.09. The Morgan fingerprint density at radius 2 is 2.21 bits per heavy atom. The third-order valence-electron chi connectivity index (χ3n) is 3.76. The molecule has 1 saturated carbocycles.